The van der Waals surface area contributed by atoms with E-state index in [1.165, 1.54) is 0 Å². The lowest BCUT2D eigenvalue weighted by atomic mass is 10.2. The zero-order valence-electron chi connectivity index (χ0n) is 7.52. The van der Waals surface area contributed by atoms with Gasteiger partial charge in [-0.15, -0.1) is 0 Å². The van der Waals surface area contributed by atoms with Crippen molar-refractivity contribution < 1.29 is 24.1 Å². The molecule has 2 heterocycles. The summed E-state index contributed by atoms with van der Waals surface area (Å²) in [6.07, 6.45) is -1.18. The predicted molar refractivity (Wildman–Crippen MR) is 41.0 cm³/mol. The minimum absolute atomic E-state index is 0.240. The van der Waals surface area contributed by atoms with Crippen LogP contribution >= 0.6 is 0 Å². The van der Waals surface area contributed by atoms with Crippen molar-refractivity contribution in [1.82, 2.24) is 0 Å². The van der Waals surface area contributed by atoms with Gasteiger partial charge in [0.25, 0.3) is 0 Å². The molecule has 0 spiro atoms. The molecule has 1 N–H and O–H groups in total. The Kier molecular flexibility index (Phi) is 1.83. The van der Waals surface area contributed by atoms with Crippen molar-refractivity contribution in [2.45, 2.75) is 44.6 Å². The van der Waals surface area contributed by atoms with Gasteiger partial charge in [-0.25, -0.2) is 4.79 Å². The largest absolute Gasteiger partial charge is 0.479 e. The third kappa shape index (κ3) is 1.54. The van der Waals surface area contributed by atoms with Crippen LogP contribution in [0.3, 0.4) is 0 Å². The molecule has 0 aromatic heterocycles. The topological polar surface area (TPSA) is 65.0 Å². The van der Waals surface area contributed by atoms with E-state index in [1.807, 2.05) is 0 Å². The average Bonchev–Trinajstić information content (AvgIpc) is 2.39. The van der Waals surface area contributed by atoms with Crippen molar-refractivity contribution in [3.63, 3.8) is 0 Å². The Morgan fingerprint density at radius 2 is 2.15 bits per heavy atom. The fourth-order valence-corrected chi connectivity index (χ4v) is 1.67. The third-order valence-corrected chi connectivity index (χ3v) is 2.16. The number of fused-ring (bicyclic) bond motifs is 1. The molecule has 74 valence electrons. The molecule has 13 heavy (non-hydrogen) atoms. The van der Waals surface area contributed by atoms with Gasteiger partial charge in [0.15, 0.2) is 18.2 Å². The van der Waals surface area contributed by atoms with Crippen LogP contribution in [0.2, 0.25) is 0 Å². The van der Waals surface area contributed by atoms with Gasteiger partial charge in [-0.1, -0.05) is 0 Å². The number of rotatable bonds is 1. The van der Waals surface area contributed by atoms with E-state index in [4.69, 9.17) is 19.3 Å². The number of hydrogen-bond donors (Lipinski definition) is 1. The molecule has 0 saturated carbocycles. The highest BCUT2D eigenvalue weighted by molar-refractivity contribution is 5.72. The summed E-state index contributed by atoms with van der Waals surface area (Å²) in [5, 5.41) is 8.66. The quantitative estimate of drug-likeness (QED) is 0.642. The van der Waals surface area contributed by atoms with E-state index in [1.54, 1.807) is 13.8 Å². The highest BCUT2D eigenvalue weighted by atomic mass is 16.8. The molecule has 2 fully saturated rings. The van der Waals surface area contributed by atoms with Crippen LogP contribution in [0, 0.1) is 0 Å². The fourth-order valence-electron chi connectivity index (χ4n) is 1.67. The number of ether oxygens (including phenoxy) is 3. The Morgan fingerprint density at radius 1 is 1.46 bits per heavy atom. The summed E-state index contributed by atoms with van der Waals surface area (Å²) in [4.78, 5) is 10.6. The maximum atomic E-state index is 10.6. The van der Waals surface area contributed by atoms with Gasteiger partial charge in [-0.3, -0.25) is 0 Å². The Labute approximate surface area is 75.6 Å². The lowest BCUT2D eigenvalue weighted by molar-refractivity contribution is -0.209. The van der Waals surface area contributed by atoms with E-state index in [9.17, 15) is 4.79 Å². The second-order valence-electron chi connectivity index (χ2n) is 3.74. The van der Waals surface area contributed by atoms with Gasteiger partial charge in [-0.05, 0) is 13.8 Å². The van der Waals surface area contributed by atoms with Crippen LogP contribution in [-0.4, -0.2) is 35.4 Å². The Bertz CT molecular complexity index is 221. The summed E-state index contributed by atoms with van der Waals surface area (Å²) in [7, 11) is 0. The minimum Gasteiger partial charge on any atom is -0.479 e. The van der Waals surface area contributed by atoms with E-state index in [0.717, 1.165) is 0 Å². The first kappa shape index (κ1) is 8.93. The molecule has 2 aliphatic heterocycles. The van der Waals surface area contributed by atoms with Gasteiger partial charge < -0.3 is 19.3 Å². The summed E-state index contributed by atoms with van der Waals surface area (Å²) in [5.41, 5.74) is 0. The lowest BCUT2D eigenvalue weighted by Gasteiger charge is -2.18. The molecule has 2 saturated heterocycles. The molecular formula is C8H12O5. The van der Waals surface area contributed by atoms with Crippen LogP contribution in [0.5, 0.6) is 0 Å². The van der Waals surface area contributed by atoms with Crippen LogP contribution < -0.4 is 0 Å². The molecule has 0 radical (unpaired) electrons. The van der Waals surface area contributed by atoms with Gasteiger partial charge in [0.2, 0.25) is 0 Å². The van der Waals surface area contributed by atoms with Crippen LogP contribution in [0.15, 0.2) is 0 Å². The zero-order chi connectivity index (χ0) is 9.64. The van der Waals surface area contributed by atoms with E-state index in [-0.39, 0.29) is 6.10 Å². The summed E-state index contributed by atoms with van der Waals surface area (Å²) in [5.74, 6) is -1.61. The van der Waals surface area contributed by atoms with Crippen LogP contribution in [0.1, 0.15) is 20.3 Å². The first-order valence-corrected chi connectivity index (χ1v) is 4.22. The number of carboxylic acid groups (broad SMARTS) is 1. The van der Waals surface area contributed by atoms with Gasteiger partial charge in [-0.2, -0.15) is 0 Å². The number of carboxylic acids is 1. The maximum absolute atomic E-state index is 10.6. The monoisotopic (exact) mass is 188 g/mol. The first-order chi connectivity index (χ1) is 5.98. The van der Waals surface area contributed by atoms with Crippen LogP contribution in [0.4, 0.5) is 0 Å². The third-order valence-electron chi connectivity index (χ3n) is 2.16. The van der Waals surface area contributed by atoms with Gasteiger partial charge >= 0.3 is 5.97 Å². The predicted octanol–water partition coefficient (Wildman–Crippen LogP) is 0.337. The molecule has 2 unspecified atom stereocenters. The van der Waals surface area contributed by atoms with Crippen molar-refractivity contribution in [2.24, 2.45) is 0 Å². The first-order valence-electron chi connectivity index (χ1n) is 4.22. The van der Waals surface area contributed by atoms with Gasteiger partial charge in [0.05, 0.1) is 0 Å². The zero-order valence-corrected chi connectivity index (χ0v) is 7.52. The average molecular weight is 188 g/mol. The van der Waals surface area contributed by atoms with Crippen molar-refractivity contribution in [1.29, 1.82) is 0 Å². The Hall–Kier alpha value is -0.650. The lowest BCUT2D eigenvalue weighted by Crippen LogP contribution is -2.27. The molecule has 0 amide bonds. The number of hydrogen-bond acceptors (Lipinski definition) is 4. The normalized spacial score (nSPS) is 41.8. The summed E-state index contributed by atoms with van der Waals surface area (Å²) in [6, 6.07) is 0. The minimum atomic E-state index is -0.959. The molecule has 2 aliphatic rings. The van der Waals surface area contributed by atoms with Crippen LogP contribution in [0.25, 0.3) is 0 Å². The van der Waals surface area contributed by atoms with E-state index in [2.05, 4.69) is 0 Å². The van der Waals surface area contributed by atoms with Crippen molar-refractivity contribution in [3.05, 3.63) is 0 Å². The van der Waals surface area contributed by atoms with E-state index in [0.29, 0.717) is 6.42 Å². The SMILES string of the molecule is CC1(C)OC2OC(C(=O)O)C[C@H]2O1. The molecule has 2 rings (SSSR count). The molecule has 0 bridgehead atoms. The van der Waals surface area contributed by atoms with Gasteiger partial charge in [0, 0.05) is 6.42 Å². The summed E-state index contributed by atoms with van der Waals surface area (Å²) < 4.78 is 15.9. The maximum Gasteiger partial charge on any atom is 0.333 e. The van der Waals surface area contributed by atoms with Crippen molar-refractivity contribution in [3.8, 4) is 0 Å². The molecule has 5 nitrogen and oxygen atoms in total. The van der Waals surface area contributed by atoms with E-state index < -0.39 is 24.2 Å². The highest BCUT2D eigenvalue weighted by Crippen LogP contribution is 2.36. The van der Waals surface area contributed by atoms with Crippen molar-refractivity contribution in [2.75, 3.05) is 0 Å². The standard InChI is InChI=1S/C8H12O5/c1-8(2)12-5-3-4(6(9)10)11-7(5)13-8/h4-5,7H,3H2,1-2H3,(H,9,10)/t4?,5-,7?/m1/s1. The summed E-state index contributed by atoms with van der Waals surface area (Å²) in [6.45, 7) is 3.56. The molecular weight excluding hydrogens is 176 g/mol. The number of carbonyl (C=O) groups is 1. The van der Waals surface area contributed by atoms with Gasteiger partial charge in [0.1, 0.15) is 6.10 Å². The Balaban J connectivity index is 2.01. The van der Waals surface area contributed by atoms with E-state index >= 15 is 0 Å². The highest BCUT2D eigenvalue weighted by Gasteiger charge is 2.50. The smallest absolute Gasteiger partial charge is 0.333 e. The molecule has 0 aliphatic carbocycles. The second kappa shape index (κ2) is 2.67. The molecule has 5 heteroatoms. The molecule has 0 aromatic carbocycles. The fraction of sp³-hybridized carbons (Fsp3) is 0.875. The molecule has 0 aromatic rings. The Morgan fingerprint density at radius 3 is 2.69 bits per heavy atom. The van der Waals surface area contributed by atoms with Crippen LogP contribution in [-0.2, 0) is 19.0 Å². The number of aliphatic carboxylic acids is 1. The summed E-state index contributed by atoms with van der Waals surface area (Å²) >= 11 is 0. The van der Waals surface area contributed by atoms with Crippen molar-refractivity contribution >= 4 is 5.97 Å². The second-order valence-corrected chi connectivity index (χ2v) is 3.74. The molecule has 3 atom stereocenters.